The van der Waals surface area contributed by atoms with Gasteiger partial charge in [-0.1, -0.05) is 32.1 Å². The van der Waals surface area contributed by atoms with E-state index < -0.39 is 11.0 Å². The Morgan fingerprint density at radius 1 is 1.24 bits per heavy atom. The molecule has 2 N–H and O–H groups in total. The molecule has 1 unspecified atom stereocenters. The number of aliphatic hydroxyl groups is 1. The summed E-state index contributed by atoms with van der Waals surface area (Å²) in [5.41, 5.74) is 0.766. The Hall–Kier alpha value is -1.46. The first kappa shape index (κ1) is 15.9. The Bertz CT molecular complexity index is 441. The zero-order valence-electron chi connectivity index (χ0n) is 12.3. The quantitative estimate of drug-likeness (QED) is 0.460. The van der Waals surface area contributed by atoms with Gasteiger partial charge in [-0.3, -0.25) is 10.1 Å². The Morgan fingerprint density at radius 2 is 1.90 bits per heavy atom. The highest BCUT2D eigenvalue weighted by Gasteiger charge is 2.13. The van der Waals surface area contributed by atoms with Crippen LogP contribution >= 0.6 is 0 Å². The zero-order chi connectivity index (χ0) is 15.1. The Balaban J connectivity index is 1.68. The number of nitro groups is 1. The van der Waals surface area contributed by atoms with Gasteiger partial charge in [-0.25, -0.2) is 0 Å². The molecule has 0 aromatic heterocycles. The number of hydrogen-bond acceptors (Lipinski definition) is 4. The van der Waals surface area contributed by atoms with Crippen molar-refractivity contribution in [3.05, 3.63) is 39.9 Å². The fourth-order valence-corrected chi connectivity index (χ4v) is 2.96. The van der Waals surface area contributed by atoms with Gasteiger partial charge in [0.15, 0.2) is 0 Å². The van der Waals surface area contributed by atoms with Crippen molar-refractivity contribution in [2.24, 2.45) is 5.92 Å². The summed E-state index contributed by atoms with van der Waals surface area (Å²) in [4.78, 5) is 10.1. The van der Waals surface area contributed by atoms with Crippen LogP contribution in [0.1, 0.15) is 50.2 Å². The summed E-state index contributed by atoms with van der Waals surface area (Å²) >= 11 is 0. The smallest absolute Gasteiger partial charge is 0.269 e. The average Bonchev–Trinajstić information content (AvgIpc) is 2.52. The van der Waals surface area contributed by atoms with Crippen molar-refractivity contribution in [2.75, 3.05) is 13.1 Å². The van der Waals surface area contributed by atoms with Crippen LogP contribution in [0, 0.1) is 16.0 Å². The minimum atomic E-state index is -0.614. The van der Waals surface area contributed by atoms with Crippen LogP contribution in [0.15, 0.2) is 24.3 Å². The monoisotopic (exact) mass is 292 g/mol. The van der Waals surface area contributed by atoms with E-state index in [1.54, 1.807) is 12.1 Å². The molecule has 1 atom stereocenters. The van der Waals surface area contributed by atoms with Crippen LogP contribution in [-0.4, -0.2) is 23.1 Å². The van der Waals surface area contributed by atoms with E-state index >= 15 is 0 Å². The third kappa shape index (κ3) is 5.10. The van der Waals surface area contributed by atoms with E-state index in [-0.39, 0.29) is 5.69 Å². The standard InChI is InChI=1S/C16H24N2O3/c19-16(14-6-8-15(9-7-14)18(20)21)12-17-11-10-13-4-2-1-3-5-13/h6-9,13,16-17,19H,1-5,10-12H2. The highest BCUT2D eigenvalue weighted by molar-refractivity contribution is 5.33. The van der Waals surface area contributed by atoms with Crippen molar-refractivity contribution in [1.82, 2.24) is 5.32 Å². The zero-order valence-corrected chi connectivity index (χ0v) is 12.3. The highest BCUT2D eigenvalue weighted by Crippen LogP contribution is 2.25. The fraction of sp³-hybridized carbons (Fsp3) is 0.625. The summed E-state index contributed by atoms with van der Waals surface area (Å²) in [5, 5.41) is 23.9. The number of nitrogens with zero attached hydrogens (tertiary/aromatic N) is 1. The van der Waals surface area contributed by atoms with E-state index in [9.17, 15) is 15.2 Å². The Labute approximate surface area is 125 Å². The molecule has 1 aliphatic rings. The van der Waals surface area contributed by atoms with Crippen LogP contribution < -0.4 is 5.32 Å². The topological polar surface area (TPSA) is 75.4 Å². The first-order valence-corrected chi connectivity index (χ1v) is 7.80. The summed E-state index contributed by atoms with van der Waals surface area (Å²) in [6.07, 6.45) is 7.33. The minimum absolute atomic E-state index is 0.0520. The van der Waals surface area contributed by atoms with Gasteiger partial charge in [0.1, 0.15) is 0 Å². The van der Waals surface area contributed by atoms with Crippen LogP contribution in [0.4, 0.5) is 5.69 Å². The third-order valence-corrected chi connectivity index (χ3v) is 4.28. The molecule has 0 spiro atoms. The molecule has 5 heteroatoms. The molecule has 1 aliphatic carbocycles. The summed E-state index contributed by atoms with van der Waals surface area (Å²) in [6.45, 7) is 1.42. The molecule has 0 bridgehead atoms. The van der Waals surface area contributed by atoms with Gasteiger partial charge in [0.05, 0.1) is 11.0 Å². The van der Waals surface area contributed by atoms with Gasteiger partial charge in [0, 0.05) is 18.7 Å². The van der Waals surface area contributed by atoms with Gasteiger partial charge in [0.25, 0.3) is 5.69 Å². The van der Waals surface area contributed by atoms with E-state index in [1.807, 2.05) is 0 Å². The lowest BCUT2D eigenvalue weighted by molar-refractivity contribution is -0.384. The molecule has 0 aliphatic heterocycles. The molecular weight excluding hydrogens is 268 g/mol. The first-order valence-electron chi connectivity index (χ1n) is 7.80. The maximum atomic E-state index is 10.6. The molecule has 5 nitrogen and oxygen atoms in total. The molecule has 21 heavy (non-hydrogen) atoms. The average molecular weight is 292 g/mol. The van der Waals surface area contributed by atoms with Crippen molar-refractivity contribution in [3.8, 4) is 0 Å². The molecule has 1 aromatic rings. The second kappa shape index (κ2) is 8.10. The largest absolute Gasteiger partial charge is 0.387 e. The molecule has 1 aromatic carbocycles. The Kier molecular flexibility index (Phi) is 6.14. The van der Waals surface area contributed by atoms with E-state index in [1.165, 1.54) is 50.7 Å². The number of hydrogen-bond donors (Lipinski definition) is 2. The maximum absolute atomic E-state index is 10.6. The van der Waals surface area contributed by atoms with Gasteiger partial charge in [0.2, 0.25) is 0 Å². The lowest BCUT2D eigenvalue weighted by Crippen LogP contribution is -2.24. The molecule has 1 saturated carbocycles. The van der Waals surface area contributed by atoms with Gasteiger partial charge < -0.3 is 10.4 Å². The number of aliphatic hydroxyl groups excluding tert-OH is 1. The van der Waals surface area contributed by atoms with Crippen molar-refractivity contribution >= 4 is 5.69 Å². The van der Waals surface area contributed by atoms with E-state index in [0.717, 1.165) is 12.5 Å². The first-order chi connectivity index (χ1) is 10.2. The van der Waals surface area contributed by atoms with E-state index in [4.69, 9.17) is 0 Å². The third-order valence-electron chi connectivity index (χ3n) is 4.28. The van der Waals surface area contributed by atoms with Crippen LogP contribution in [0.25, 0.3) is 0 Å². The Morgan fingerprint density at radius 3 is 2.52 bits per heavy atom. The predicted molar refractivity (Wildman–Crippen MR) is 82.1 cm³/mol. The number of benzene rings is 1. The van der Waals surface area contributed by atoms with E-state index in [0.29, 0.717) is 12.1 Å². The van der Waals surface area contributed by atoms with Gasteiger partial charge >= 0.3 is 0 Å². The summed E-state index contributed by atoms with van der Waals surface area (Å²) in [7, 11) is 0. The van der Waals surface area contributed by atoms with Gasteiger partial charge in [-0.2, -0.15) is 0 Å². The van der Waals surface area contributed by atoms with Crippen LogP contribution in [0.3, 0.4) is 0 Å². The SMILES string of the molecule is O=[N+]([O-])c1ccc(C(O)CNCCC2CCCCC2)cc1. The molecule has 1 fully saturated rings. The van der Waals surface area contributed by atoms with Crippen molar-refractivity contribution in [1.29, 1.82) is 0 Å². The van der Waals surface area contributed by atoms with Gasteiger partial charge in [-0.05, 0) is 36.6 Å². The second-order valence-electron chi connectivity index (χ2n) is 5.86. The number of nitrogens with one attached hydrogen (secondary N) is 1. The van der Waals surface area contributed by atoms with Crippen LogP contribution in [0.2, 0.25) is 0 Å². The minimum Gasteiger partial charge on any atom is -0.387 e. The normalized spacial score (nSPS) is 17.6. The summed E-state index contributed by atoms with van der Waals surface area (Å²) < 4.78 is 0. The molecule has 0 heterocycles. The van der Waals surface area contributed by atoms with Gasteiger partial charge in [-0.15, -0.1) is 0 Å². The van der Waals surface area contributed by atoms with E-state index in [2.05, 4.69) is 5.32 Å². The van der Waals surface area contributed by atoms with Crippen molar-refractivity contribution < 1.29 is 10.0 Å². The number of rotatable bonds is 7. The van der Waals surface area contributed by atoms with Crippen molar-refractivity contribution in [2.45, 2.75) is 44.6 Å². The van der Waals surface area contributed by atoms with Crippen LogP contribution in [0.5, 0.6) is 0 Å². The summed E-state index contributed by atoms with van der Waals surface area (Å²) in [6, 6.07) is 6.10. The fourth-order valence-electron chi connectivity index (χ4n) is 2.96. The molecule has 0 amide bonds. The lowest BCUT2D eigenvalue weighted by atomic mass is 9.87. The summed E-state index contributed by atoms with van der Waals surface area (Å²) in [5.74, 6) is 0.836. The lowest BCUT2D eigenvalue weighted by Gasteiger charge is -2.21. The van der Waals surface area contributed by atoms with Crippen LogP contribution in [-0.2, 0) is 0 Å². The number of non-ortho nitro benzene ring substituents is 1. The molecule has 2 rings (SSSR count). The second-order valence-corrected chi connectivity index (χ2v) is 5.86. The maximum Gasteiger partial charge on any atom is 0.269 e. The molecule has 0 saturated heterocycles. The number of nitro benzene ring substituents is 1. The molecule has 116 valence electrons. The highest BCUT2D eigenvalue weighted by atomic mass is 16.6. The molecule has 0 radical (unpaired) electrons. The molecular formula is C16H24N2O3. The van der Waals surface area contributed by atoms with Crippen molar-refractivity contribution in [3.63, 3.8) is 0 Å². The predicted octanol–water partition coefficient (Wildman–Crippen LogP) is 3.19.